The predicted octanol–water partition coefficient (Wildman–Crippen LogP) is 2.27. The van der Waals surface area contributed by atoms with Gasteiger partial charge in [0.25, 0.3) is 6.71 Å². The van der Waals surface area contributed by atoms with Gasteiger partial charge >= 0.3 is 0 Å². The van der Waals surface area contributed by atoms with Gasteiger partial charge in [0, 0.05) is 5.46 Å². The van der Waals surface area contributed by atoms with Crippen LogP contribution in [0.2, 0.25) is 0 Å². The van der Waals surface area contributed by atoms with Gasteiger partial charge in [0.1, 0.15) is 29.1 Å². The van der Waals surface area contributed by atoms with Gasteiger partial charge in [0.05, 0.1) is 11.1 Å². The van der Waals surface area contributed by atoms with Crippen molar-refractivity contribution < 1.29 is 9.47 Å². The highest BCUT2D eigenvalue weighted by Crippen LogP contribution is 2.36. The van der Waals surface area contributed by atoms with Crippen LogP contribution in [-0.2, 0) is 0 Å². The van der Waals surface area contributed by atoms with E-state index in [9.17, 15) is 5.26 Å². The molecule has 0 amide bonds. The summed E-state index contributed by atoms with van der Waals surface area (Å²) < 4.78 is 12.2. The van der Waals surface area contributed by atoms with Gasteiger partial charge in [0.15, 0.2) is 0 Å². The van der Waals surface area contributed by atoms with E-state index in [1.165, 1.54) is 0 Å². The van der Waals surface area contributed by atoms with Gasteiger partial charge in [-0.05, 0) is 35.2 Å². The number of para-hydroxylation sites is 2. The fourth-order valence-corrected chi connectivity index (χ4v) is 3.68. The highest BCUT2D eigenvalue weighted by Gasteiger charge is 2.41. The zero-order valence-electron chi connectivity index (χ0n) is 13.1. The highest BCUT2D eigenvalue weighted by atomic mass is 16.5. The summed E-state index contributed by atoms with van der Waals surface area (Å²) in [5.41, 5.74) is 4.17. The lowest BCUT2D eigenvalue weighted by atomic mass is 9.34. The summed E-state index contributed by atoms with van der Waals surface area (Å²) in [6.07, 6.45) is 5.67. The molecule has 0 radical (unpaired) electrons. The van der Waals surface area contributed by atoms with E-state index in [0.717, 1.165) is 33.5 Å². The van der Waals surface area contributed by atoms with E-state index >= 15 is 0 Å². The van der Waals surface area contributed by atoms with Crippen molar-refractivity contribution >= 4 is 23.1 Å². The molecule has 0 fully saturated rings. The van der Waals surface area contributed by atoms with Crippen LogP contribution in [0.5, 0.6) is 23.0 Å². The lowest BCUT2D eigenvalue weighted by Gasteiger charge is -2.33. The van der Waals surface area contributed by atoms with Crippen LogP contribution in [0.4, 0.5) is 0 Å². The quantitative estimate of drug-likeness (QED) is 0.325. The van der Waals surface area contributed by atoms with E-state index in [1.54, 1.807) is 6.07 Å². The average molecular weight is 319 g/mol. The number of hydrogen-bond acceptors (Lipinski definition) is 3. The number of nitrogens with zero attached hydrogens (tertiary/aromatic N) is 1. The molecule has 25 heavy (non-hydrogen) atoms. The summed E-state index contributed by atoms with van der Waals surface area (Å²) >= 11 is 0. The van der Waals surface area contributed by atoms with E-state index in [4.69, 9.17) is 15.9 Å². The number of benzene rings is 3. The van der Waals surface area contributed by atoms with E-state index in [-0.39, 0.29) is 6.71 Å². The summed E-state index contributed by atoms with van der Waals surface area (Å²) in [4.78, 5) is 0. The Morgan fingerprint density at radius 3 is 1.96 bits per heavy atom. The Kier molecular flexibility index (Phi) is 2.72. The molecule has 0 N–H and O–H groups in total. The molecule has 4 heteroatoms. The van der Waals surface area contributed by atoms with E-state index in [2.05, 4.69) is 12.0 Å². The minimum absolute atomic E-state index is 0.0692. The lowest BCUT2D eigenvalue weighted by molar-refractivity contribution is 0.463. The molecule has 0 saturated heterocycles. The Morgan fingerprint density at radius 1 is 0.800 bits per heavy atom. The van der Waals surface area contributed by atoms with E-state index in [0.29, 0.717) is 17.1 Å². The predicted molar refractivity (Wildman–Crippen MR) is 96.8 cm³/mol. The van der Waals surface area contributed by atoms with Crippen LogP contribution in [0.1, 0.15) is 11.1 Å². The van der Waals surface area contributed by atoms with Crippen molar-refractivity contribution in [3.8, 4) is 41.4 Å². The summed E-state index contributed by atoms with van der Waals surface area (Å²) in [5, 5.41) is 9.47. The lowest BCUT2D eigenvalue weighted by Crippen LogP contribution is -2.57. The third kappa shape index (κ3) is 1.77. The molecule has 2 heterocycles. The van der Waals surface area contributed by atoms with Crippen LogP contribution >= 0.6 is 0 Å². The Morgan fingerprint density at radius 2 is 1.36 bits per heavy atom. The van der Waals surface area contributed by atoms with Crippen LogP contribution in [0.25, 0.3) is 0 Å². The molecule has 3 nitrogen and oxygen atoms in total. The molecule has 3 aromatic carbocycles. The van der Waals surface area contributed by atoms with E-state index in [1.807, 2.05) is 48.5 Å². The minimum Gasteiger partial charge on any atom is -0.457 e. The Bertz CT molecular complexity index is 1050. The Hall–Kier alpha value is -3.63. The van der Waals surface area contributed by atoms with Gasteiger partial charge in [-0.2, -0.15) is 5.26 Å². The van der Waals surface area contributed by atoms with Crippen LogP contribution in [0.15, 0.2) is 54.6 Å². The van der Waals surface area contributed by atoms with Gasteiger partial charge in [-0.1, -0.05) is 36.3 Å². The molecule has 0 unspecified atom stereocenters. The number of fused-ring (bicyclic) bond motifs is 4. The number of nitriles is 1. The second-order valence-corrected chi connectivity index (χ2v) is 6.01. The molecule has 0 aromatic heterocycles. The van der Waals surface area contributed by atoms with Crippen LogP contribution in [0.3, 0.4) is 0 Å². The average Bonchev–Trinajstić information content (AvgIpc) is 2.67. The molecular weight excluding hydrogens is 309 g/mol. The first-order valence-electron chi connectivity index (χ1n) is 7.93. The van der Waals surface area contributed by atoms with Crippen molar-refractivity contribution in [3.63, 3.8) is 0 Å². The fraction of sp³-hybridized carbons (Fsp3) is 0. The molecule has 0 bridgehead atoms. The fourth-order valence-electron chi connectivity index (χ4n) is 3.68. The minimum atomic E-state index is -0.0692. The number of hydrogen-bond donors (Lipinski definition) is 0. The first-order chi connectivity index (χ1) is 12.3. The molecule has 114 valence electrons. The van der Waals surface area contributed by atoms with Gasteiger partial charge in [-0.3, -0.25) is 0 Å². The molecule has 5 rings (SSSR count). The summed E-state index contributed by atoms with van der Waals surface area (Å²) in [6.45, 7) is -0.0692. The monoisotopic (exact) mass is 319 g/mol. The topological polar surface area (TPSA) is 42.2 Å². The largest absolute Gasteiger partial charge is 0.457 e. The third-order valence-electron chi connectivity index (χ3n) is 4.73. The molecule has 0 atom stereocenters. The molecule has 0 spiro atoms. The van der Waals surface area contributed by atoms with Gasteiger partial charge in [-0.25, -0.2) is 0 Å². The SMILES string of the molecule is C#Cc1cccc2c1Oc1cccc3c1B2c1cccc(C#N)c1O3. The van der Waals surface area contributed by atoms with Crippen molar-refractivity contribution in [2.75, 3.05) is 0 Å². The Balaban J connectivity index is 1.88. The van der Waals surface area contributed by atoms with Crippen molar-refractivity contribution in [1.82, 2.24) is 0 Å². The molecule has 3 aromatic rings. The molecule has 0 saturated carbocycles. The van der Waals surface area contributed by atoms with Gasteiger partial charge < -0.3 is 9.47 Å². The maximum Gasteiger partial charge on any atom is 0.260 e. The first kappa shape index (κ1) is 13.8. The maximum atomic E-state index is 9.47. The summed E-state index contributed by atoms with van der Waals surface area (Å²) in [7, 11) is 0. The second-order valence-electron chi connectivity index (χ2n) is 6.01. The zero-order valence-corrected chi connectivity index (χ0v) is 13.1. The van der Waals surface area contributed by atoms with Crippen LogP contribution in [0, 0.1) is 23.7 Å². The first-order valence-corrected chi connectivity index (χ1v) is 7.93. The zero-order chi connectivity index (χ0) is 17.0. The number of ether oxygens (including phenoxy) is 2. The van der Waals surface area contributed by atoms with Gasteiger partial charge in [0.2, 0.25) is 0 Å². The number of terminal acetylenes is 1. The highest BCUT2D eigenvalue weighted by molar-refractivity contribution is 6.98. The summed E-state index contributed by atoms with van der Waals surface area (Å²) in [6, 6.07) is 19.4. The van der Waals surface area contributed by atoms with Crippen molar-refractivity contribution in [3.05, 3.63) is 65.7 Å². The van der Waals surface area contributed by atoms with Gasteiger partial charge in [-0.15, -0.1) is 6.42 Å². The normalized spacial score (nSPS) is 12.5. The third-order valence-corrected chi connectivity index (χ3v) is 4.73. The van der Waals surface area contributed by atoms with Crippen molar-refractivity contribution in [1.29, 1.82) is 5.26 Å². The number of rotatable bonds is 0. The Labute approximate surface area is 145 Å². The molecule has 2 aliphatic rings. The van der Waals surface area contributed by atoms with E-state index < -0.39 is 0 Å². The van der Waals surface area contributed by atoms with Crippen LogP contribution < -0.4 is 25.9 Å². The maximum absolute atomic E-state index is 9.47. The smallest absolute Gasteiger partial charge is 0.260 e. The molecule has 0 aliphatic carbocycles. The standard InChI is InChI=1S/C21H10BNO2/c1-2-13-6-3-8-15-20(13)24-17-10-5-11-18-19(17)22(15)16-9-4-7-14(12-23)21(16)25-18/h1,3-11H. The second kappa shape index (κ2) is 4.93. The van der Waals surface area contributed by atoms with Crippen molar-refractivity contribution in [2.45, 2.75) is 0 Å². The summed E-state index contributed by atoms with van der Waals surface area (Å²) in [5.74, 6) is 5.47. The molecular formula is C21H10BNO2. The van der Waals surface area contributed by atoms with Crippen molar-refractivity contribution in [2.24, 2.45) is 0 Å². The van der Waals surface area contributed by atoms with Crippen LogP contribution in [-0.4, -0.2) is 6.71 Å². The molecule has 2 aliphatic heterocycles.